The molecular weight excluding hydrogens is 350 g/mol. The lowest BCUT2D eigenvalue weighted by Gasteiger charge is -2.35. The molecule has 5 nitrogen and oxygen atoms in total. The van der Waals surface area contributed by atoms with Crippen LogP contribution in [-0.2, 0) is 16.0 Å². The molecule has 3 rings (SSSR count). The third-order valence-electron chi connectivity index (χ3n) is 4.63. The van der Waals surface area contributed by atoms with Crippen molar-refractivity contribution < 1.29 is 9.53 Å². The Bertz CT molecular complexity index is 705. The Kier molecular flexibility index (Phi) is 7.00. The fraction of sp³-hybridized carbons (Fsp3) is 0.400. The first-order chi connectivity index (χ1) is 12.7. The van der Waals surface area contributed by atoms with Gasteiger partial charge in [0.15, 0.2) is 0 Å². The van der Waals surface area contributed by atoms with Gasteiger partial charge in [0, 0.05) is 43.5 Å². The fourth-order valence-corrected chi connectivity index (χ4v) is 3.44. The zero-order chi connectivity index (χ0) is 18.2. The summed E-state index contributed by atoms with van der Waals surface area (Å²) in [6.45, 7) is 3.62. The van der Waals surface area contributed by atoms with Gasteiger partial charge in [-0.05, 0) is 35.7 Å². The van der Waals surface area contributed by atoms with Crippen molar-refractivity contribution in [1.82, 2.24) is 15.2 Å². The fourth-order valence-electron chi connectivity index (χ4n) is 3.18. The number of morpholine rings is 1. The van der Waals surface area contributed by atoms with Crippen LogP contribution in [0.25, 0.3) is 0 Å². The first-order valence-electron chi connectivity index (χ1n) is 8.96. The second-order valence-electron chi connectivity index (χ2n) is 6.35. The Balaban J connectivity index is 1.60. The second kappa shape index (κ2) is 9.67. The van der Waals surface area contributed by atoms with Gasteiger partial charge < -0.3 is 10.1 Å². The number of rotatable bonds is 7. The molecule has 1 saturated heterocycles. The molecule has 0 saturated carbocycles. The Morgan fingerprint density at radius 1 is 1.19 bits per heavy atom. The number of aromatic nitrogens is 1. The summed E-state index contributed by atoms with van der Waals surface area (Å²) in [5, 5.41) is 3.81. The highest BCUT2D eigenvalue weighted by molar-refractivity contribution is 6.31. The average molecular weight is 374 g/mol. The van der Waals surface area contributed by atoms with Gasteiger partial charge in [-0.2, -0.15) is 0 Å². The van der Waals surface area contributed by atoms with Crippen molar-refractivity contribution in [2.45, 2.75) is 18.9 Å². The number of nitrogens with zero attached hydrogens (tertiary/aromatic N) is 2. The molecule has 26 heavy (non-hydrogen) atoms. The Morgan fingerprint density at radius 3 is 2.65 bits per heavy atom. The SMILES string of the molecule is O=C(CCc1ccncc1)NCC(c1ccccc1Cl)N1CCOCC1. The van der Waals surface area contributed by atoms with Crippen molar-refractivity contribution in [1.29, 1.82) is 0 Å². The molecule has 0 radical (unpaired) electrons. The van der Waals surface area contributed by atoms with E-state index in [9.17, 15) is 4.79 Å². The molecule has 1 aromatic heterocycles. The van der Waals surface area contributed by atoms with E-state index in [1.807, 2.05) is 36.4 Å². The highest BCUT2D eigenvalue weighted by atomic mass is 35.5. The molecular formula is C20H24ClN3O2. The van der Waals surface area contributed by atoms with Crippen molar-refractivity contribution in [3.63, 3.8) is 0 Å². The van der Waals surface area contributed by atoms with Crippen LogP contribution in [0, 0.1) is 0 Å². The molecule has 2 heterocycles. The summed E-state index contributed by atoms with van der Waals surface area (Å²) in [5.74, 6) is 0.0483. The summed E-state index contributed by atoms with van der Waals surface area (Å²) in [5.41, 5.74) is 2.16. The van der Waals surface area contributed by atoms with Crippen LogP contribution in [0.1, 0.15) is 23.6 Å². The van der Waals surface area contributed by atoms with Gasteiger partial charge >= 0.3 is 0 Å². The molecule has 1 amide bonds. The molecule has 0 spiro atoms. The summed E-state index contributed by atoms with van der Waals surface area (Å²) in [6, 6.07) is 11.8. The highest BCUT2D eigenvalue weighted by Crippen LogP contribution is 2.27. The number of halogens is 1. The minimum atomic E-state index is 0.0483. The van der Waals surface area contributed by atoms with E-state index in [0.717, 1.165) is 29.2 Å². The summed E-state index contributed by atoms with van der Waals surface area (Å²) in [6.07, 6.45) is 4.67. The van der Waals surface area contributed by atoms with Gasteiger partial charge in [-0.15, -0.1) is 0 Å². The quantitative estimate of drug-likeness (QED) is 0.810. The van der Waals surface area contributed by atoms with Crippen molar-refractivity contribution in [2.75, 3.05) is 32.8 Å². The molecule has 1 N–H and O–H groups in total. The molecule has 0 aliphatic carbocycles. The lowest BCUT2D eigenvalue weighted by Crippen LogP contribution is -2.44. The molecule has 1 atom stereocenters. The van der Waals surface area contributed by atoms with Gasteiger partial charge in [-0.1, -0.05) is 29.8 Å². The molecule has 6 heteroatoms. The van der Waals surface area contributed by atoms with Gasteiger partial charge in [0.1, 0.15) is 0 Å². The highest BCUT2D eigenvalue weighted by Gasteiger charge is 2.24. The summed E-state index contributed by atoms with van der Waals surface area (Å²) in [4.78, 5) is 18.6. The number of pyridine rings is 1. The Morgan fingerprint density at radius 2 is 1.92 bits per heavy atom. The number of carbonyl (C=O) groups is 1. The molecule has 1 fully saturated rings. The van der Waals surface area contributed by atoms with Gasteiger partial charge in [0.2, 0.25) is 5.91 Å². The maximum absolute atomic E-state index is 12.3. The zero-order valence-electron chi connectivity index (χ0n) is 14.7. The Hall–Kier alpha value is -1.95. The van der Waals surface area contributed by atoms with Crippen molar-refractivity contribution >= 4 is 17.5 Å². The maximum Gasteiger partial charge on any atom is 0.220 e. The number of amides is 1. The summed E-state index contributed by atoms with van der Waals surface area (Å²) >= 11 is 6.42. The molecule has 1 aliphatic rings. The van der Waals surface area contributed by atoms with E-state index >= 15 is 0 Å². The minimum Gasteiger partial charge on any atom is -0.379 e. The van der Waals surface area contributed by atoms with E-state index in [4.69, 9.17) is 16.3 Å². The van der Waals surface area contributed by atoms with Gasteiger partial charge in [-0.3, -0.25) is 14.7 Å². The molecule has 1 aliphatic heterocycles. The van der Waals surface area contributed by atoms with E-state index in [2.05, 4.69) is 15.2 Å². The standard InChI is InChI=1S/C20H24ClN3O2/c21-18-4-2-1-3-17(18)19(24-11-13-26-14-12-24)15-23-20(25)6-5-16-7-9-22-10-8-16/h1-4,7-10,19H,5-6,11-15H2,(H,23,25). The minimum absolute atomic E-state index is 0.0483. The number of hydrogen-bond donors (Lipinski definition) is 1. The second-order valence-corrected chi connectivity index (χ2v) is 6.75. The number of carbonyl (C=O) groups excluding carboxylic acids is 1. The number of benzene rings is 1. The smallest absolute Gasteiger partial charge is 0.220 e. The number of hydrogen-bond acceptors (Lipinski definition) is 4. The van der Waals surface area contributed by atoms with Crippen LogP contribution >= 0.6 is 11.6 Å². The van der Waals surface area contributed by atoms with Crippen molar-refractivity contribution in [3.05, 3.63) is 64.9 Å². The maximum atomic E-state index is 12.3. The molecule has 1 aromatic carbocycles. The van der Waals surface area contributed by atoms with E-state index in [1.165, 1.54) is 0 Å². The predicted molar refractivity (Wildman–Crippen MR) is 102 cm³/mol. The number of nitrogens with one attached hydrogen (secondary N) is 1. The van der Waals surface area contributed by atoms with Crippen molar-refractivity contribution in [3.8, 4) is 0 Å². The monoisotopic (exact) mass is 373 g/mol. The van der Waals surface area contributed by atoms with Crippen LogP contribution in [-0.4, -0.2) is 48.6 Å². The van der Waals surface area contributed by atoms with E-state index in [-0.39, 0.29) is 11.9 Å². The van der Waals surface area contributed by atoms with E-state index in [1.54, 1.807) is 12.4 Å². The largest absolute Gasteiger partial charge is 0.379 e. The Labute approximate surface area is 159 Å². The summed E-state index contributed by atoms with van der Waals surface area (Å²) < 4.78 is 5.46. The third kappa shape index (κ3) is 5.27. The molecule has 2 aromatic rings. The number of ether oxygens (including phenoxy) is 1. The predicted octanol–water partition coefficient (Wildman–Crippen LogP) is 2.86. The van der Waals surface area contributed by atoms with E-state index in [0.29, 0.717) is 32.6 Å². The lowest BCUT2D eigenvalue weighted by molar-refractivity contribution is -0.121. The topological polar surface area (TPSA) is 54.5 Å². The van der Waals surface area contributed by atoms with Gasteiger partial charge in [-0.25, -0.2) is 0 Å². The van der Waals surface area contributed by atoms with Gasteiger partial charge in [0.25, 0.3) is 0 Å². The third-order valence-corrected chi connectivity index (χ3v) is 4.98. The zero-order valence-corrected chi connectivity index (χ0v) is 15.5. The van der Waals surface area contributed by atoms with Crippen LogP contribution in [0.15, 0.2) is 48.8 Å². The van der Waals surface area contributed by atoms with Crippen LogP contribution in [0.5, 0.6) is 0 Å². The first-order valence-corrected chi connectivity index (χ1v) is 9.33. The van der Waals surface area contributed by atoms with Crippen LogP contribution in [0.3, 0.4) is 0 Å². The molecule has 1 unspecified atom stereocenters. The molecule has 138 valence electrons. The lowest BCUT2D eigenvalue weighted by atomic mass is 10.0. The average Bonchev–Trinajstić information content (AvgIpc) is 2.69. The molecule has 0 bridgehead atoms. The van der Waals surface area contributed by atoms with Gasteiger partial charge in [0.05, 0.1) is 19.3 Å². The van der Waals surface area contributed by atoms with Crippen LogP contribution < -0.4 is 5.32 Å². The van der Waals surface area contributed by atoms with E-state index < -0.39 is 0 Å². The first kappa shape index (κ1) is 18.8. The number of aryl methyl sites for hydroxylation is 1. The summed E-state index contributed by atoms with van der Waals surface area (Å²) in [7, 11) is 0. The normalized spacial score (nSPS) is 16.2. The van der Waals surface area contributed by atoms with Crippen molar-refractivity contribution in [2.24, 2.45) is 0 Å². The van der Waals surface area contributed by atoms with Crippen LogP contribution in [0.4, 0.5) is 0 Å². The van der Waals surface area contributed by atoms with Crippen LogP contribution in [0.2, 0.25) is 5.02 Å².